The predicted octanol–water partition coefficient (Wildman–Crippen LogP) is 2.08. The van der Waals surface area contributed by atoms with Gasteiger partial charge in [0.1, 0.15) is 29.7 Å². The van der Waals surface area contributed by atoms with Crippen LogP contribution in [-0.4, -0.2) is 37.7 Å². The molecule has 1 N–H and O–H groups in total. The van der Waals surface area contributed by atoms with Crippen molar-refractivity contribution in [3.8, 4) is 11.8 Å². The van der Waals surface area contributed by atoms with Gasteiger partial charge >= 0.3 is 0 Å². The van der Waals surface area contributed by atoms with E-state index >= 15 is 0 Å². The highest BCUT2D eigenvalue weighted by atomic mass is 17.0. The highest BCUT2D eigenvalue weighted by Crippen LogP contribution is 2.41. The van der Waals surface area contributed by atoms with Gasteiger partial charge in [0.25, 0.3) is 15.7 Å². The highest BCUT2D eigenvalue weighted by Gasteiger charge is 2.44. The van der Waals surface area contributed by atoms with Crippen LogP contribution in [0.5, 0.6) is 5.75 Å². The van der Waals surface area contributed by atoms with Crippen molar-refractivity contribution in [3.63, 3.8) is 0 Å². The number of aliphatic hydroxyl groups is 1. The molecule has 0 saturated heterocycles. The zero-order valence-corrected chi connectivity index (χ0v) is 18.5. The lowest BCUT2D eigenvalue weighted by atomic mass is 9.85. The van der Waals surface area contributed by atoms with Crippen molar-refractivity contribution in [1.82, 2.24) is 4.57 Å². The number of ether oxygens (including phenoxy) is 1. The predicted molar refractivity (Wildman–Crippen MR) is 114 cm³/mol. The molecule has 0 fully saturated rings. The largest absolute Gasteiger partial charge is 0.485 e. The first kappa shape index (κ1) is 24.5. The summed E-state index contributed by atoms with van der Waals surface area (Å²) in [6, 6.07) is 8.24. The number of benzene rings is 1. The van der Waals surface area contributed by atoms with Crippen molar-refractivity contribution < 1.29 is 29.7 Å². The molecule has 0 radical (unpaired) electrons. The van der Waals surface area contributed by atoms with Crippen LogP contribution in [0.25, 0.3) is 0 Å². The van der Waals surface area contributed by atoms with Crippen LogP contribution in [0.4, 0.5) is 0 Å². The molecule has 2 aromatic rings. The van der Waals surface area contributed by atoms with Gasteiger partial charge in [0.05, 0.1) is 17.7 Å². The van der Waals surface area contributed by atoms with E-state index in [1.807, 2.05) is 6.07 Å². The summed E-state index contributed by atoms with van der Waals surface area (Å²) >= 11 is 0. The molecule has 1 aliphatic rings. The van der Waals surface area contributed by atoms with Crippen LogP contribution in [0.15, 0.2) is 41.3 Å². The maximum absolute atomic E-state index is 13.1. The van der Waals surface area contributed by atoms with E-state index in [1.54, 1.807) is 26.0 Å². The van der Waals surface area contributed by atoms with E-state index in [2.05, 4.69) is 9.68 Å². The van der Waals surface area contributed by atoms with Gasteiger partial charge in [-0.3, -0.25) is 4.79 Å². The summed E-state index contributed by atoms with van der Waals surface area (Å²) in [4.78, 5) is 43.6. The van der Waals surface area contributed by atoms with E-state index in [4.69, 9.17) is 4.74 Å². The summed E-state index contributed by atoms with van der Waals surface area (Å²) in [6.07, 6.45) is -2.47. The standard InChI is InChI=1S/C21H22N4O9/c1-12(33-24(28)29)8-17(34-25(30)31)14-6-7-23(18(26)10-14)19-15-9-13(11-22)4-5-16(15)32-21(2,3)20(19)27/h4-7,9-10,12,17,19-20,27H,8H2,1-3H3/t12?,17?,19-,20+/m1/s1. The normalized spacial score (nSPS) is 20.1. The van der Waals surface area contributed by atoms with Crippen LogP contribution in [0.1, 0.15) is 56.0 Å². The summed E-state index contributed by atoms with van der Waals surface area (Å²) in [6.45, 7) is 4.65. The Morgan fingerprint density at radius 2 is 1.91 bits per heavy atom. The smallest absolute Gasteiger partial charge is 0.295 e. The van der Waals surface area contributed by atoms with Crippen molar-refractivity contribution >= 4 is 0 Å². The SMILES string of the molecule is CC(CC(O[N+](=O)[O-])c1ccn([C@@H]2c3cc(C#N)ccc3OC(C)(C)[C@H]2O)c(=O)c1)O[N+](=O)[O-]. The van der Waals surface area contributed by atoms with Crippen LogP contribution >= 0.6 is 0 Å². The lowest BCUT2D eigenvalue weighted by Gasteiger charge is -2.42. The Kier molecular flexibility index (Phi) is 6.73. The number of nitrogens with zero attached hydrogens (tertiary/aromatic N) is 4. The molecule has 13 heteroatoms. The zero-order valence-electron chi connectivity index (χ0n) is 18.5. The van der Waals surface area contributed by atoms with Gasteiger partial charge in [0, 0.05) is 24.2 Å². The number of rotatable bonds is 8. The van der Waals surface area contributed by atoms with Gasteiger partial charge in [-0.2, -0.15) is 5.26 Å². The van der Waals surface area contributed by atoms with Crippen LogP contribution < -0.4 is 10.3 Å². The van der Waals surface area contributed by atoms with E-state index in [9.17, 15) is 35.4 Å². The number of fused-ring (bicyclic) bond motifs is 1. The van der Waals surface area contributed by atoms with Crippen molar-refractivity contribution in [2.24, 2.45) is 0 Å². The van der Waals surface area contributed by atoms with Crippen molar-refractivity contribution in [1.29, 1.82) is 5.26 Å². The molecule has 34 heavy (non-hydrogen) atoms. The highest BCUT2D eigenvalue weighted by molar-refractivity contribution is 5.46. The fourth-order valence-electron chi connectivity index (χ4n) is 3.91. The topological polar surface area (TPSA) is 180 Å². The summed E-state index contributed by atoms with van der Waals surface area (Å²) < 4.78 is 7.10. The molecule has 3 rings (SSSR count). The summed E-state index contributed by atoms with van der Waals surface area (Å²) in [7, 11) is 0. The number of hydrogen-bond acceptors (Lipinski definition) is 10. The Morgan fingerprint density at radius 3 is 2.50 bits per heavy atom. The van der Waals surface area contributed by atoms with Gasteiger partial charge in [-0.1, -0.05) is 0 Å². The van der Waals surface area contributed by atoms with E-state index in [0.717, 1.165) is 6.07 Å². The monoisotopic (exact) mass is 474 g/mol. The van der Waals surface area contributed by atoms with Crippen molar-refractivity contribution in [3.05, 3.63) is 83.8 Å². The fourth-order valence-corrected chi connectivity index (χ4v) is 3.91. The summed E-state index contributed by atoms with van der Waals surface area (Å²) in [5.41, 5.74) is -0.859. The van der Waals surface area contributed by atoms with Crippen LogP contribution in [0.2, 0.25) is 0 Å². The number of aliphatic hydroxyl groups excluding tert-OH is 1. The second-order valence-electron chi connectivity index (χ2n) is 8.36. The zero-order chi connectivity index (χ0) is 25.2. The molecular weight excluding hydrogens is 452 g/mol. The average Bonchev–Trinajstić information content (AvgIpc) is 2.73. The van der Waals surface area contributed by atoms with Gasteiger partial charge in [0.15, 0.2) is 0 Å². The minimum atomic E-state index is -1.30. The van der Waals surface area contributed by atoms with Gasteiger partial charge < -0.3 is 24.1 Å². The minimum Gasteiger partial charge on any atom is -0.485 e. The third-order valence-electron chi connectivity index (χ3n) is 5.51. The quantitative estimate of drug-likeness (QED) is 0.439. The average molecular weight is 474 g/mol. The molecule has 0 amide bonds. The van der Waals surface area contributed by atoms with E-state index < -0.39 is 45.7 Å². The lowest BCUT2D eigenvalue weighted by Crippen LogP contribution is -2.52. The molecule has 4 atom stereocenters. The maximum atomic E-state index is 13.1. The number of nitriles is 1. The molecule has 0 aliphatic carbocycles. The first-order valence-corrected chi connectivity index (χ1v) is 10.2. The van der Waals surface area contributed by atoms with Gasteiger partial charge in [0.2, 0.25) is 0 Å². The number of pyridine rings is 1. The molecular formula is C21H22N4O9. The Bertz CT molecular complexity index is 1200. The molecule has 0 bridgehead atoms. The van der Waals surface area contributed by atoms with Gasteiger partial charge in [-0.05, 0) is 50.6 Å². The maximum Gasteiger partial charge on any atom is 0.295 e. The molecule has 2 heterocycles. The molecule has 1 aliphatic heterocycles. The van der Waals surface area contributed by atoms with Crippen LogP contribution in [-0.2, 0) is 9.68 Å². The van der Waals surface area contributed by atoms with Crippen LogP contribution in [0.3, 0.4) is 0 Å². The Hall–Kier alpha value is -4.18. The fraction of sp³-hybridized carbons (Fsp3) is 0.429. The number of hydrogen-bond donors (Lipinski definition) is 1. The first-order valence-electron chi connectivity index (χ1n) is 10.2. The van der Waals surface area contributed by atoms with Crippen LogP contribution in [0, 0.1) is 31.6 Å². The van der Waals surface area contributed by atoms with Crippen molar-refractivity contribution in [2.45, 2.75) is 57.1 Å². The third-order valence-corrected chi connectivity index (χ3v) is 5.51. The summed E-state index contributed by atoms with van der Waals surface area (Å²) in [5, 5.41) is 39.7. The first-order chi connectivity index (χ1) is 15.9. The minimum absolute atomic E-state index is 0.101. The van der Waals surface area contributed by atoms with E-state index in [1.165, 1.54) is 29.8 Å². The second-order valence-corrected chi connectivity index (χ2v) is 8.36. The number of aromatic nitrogens is 1. The second kappa shape index (κ2) is 9.36. The van der Waals surface area contributed by atoms with E-state index in [0.29, 0.717) is 16.9 Å². The van der Waals surface area contributed by atoms with Crippen molar-refractivity contribution in [2.75, 3.05) is 0 Å². The Labute approximate surface area is 192 Å². The molecule has 2 unspecified atom stereocenters. The van der Waals surface area contributed by atoms with E-state index in [-0.39, 0.29) is 12.0 Å². The Morgan fingerprint density at radius 1 is 1.24 bits per heavy atom. The Balaban J connectivity index is 2.03. The summed E-state index contributed by atoms with van der Waals surface area (Å²) in [5.74, 6) is 0.399. The molecule has 0 saturated carbocycles. The molecule has 1 aromatic heterocycles. The molecule has 0 spiro atoms. The molecule has 13 nitrogen and oxygen atoms in total. The molecule has 1 aromatic carbocycles. The van der Waals surface area contributed by atoms with Gasteiger partial charge in [-0.15, -0.1) is 20.2 Å². The van der Waals surface area contributed by atoms with Gasteiger partial charge in [-0.25, -0.2) is 0 Å². The third kappa shape index (κ3) is 5.07. The lowest BCUT2D eigenvalue weighted by molar-refractivity contribution is -0.780. The molecule has 180 valence electrons.